The average Bonchev–Trinajstić information content (AvgIpc) is 2.71. The second-order valence-electron chi connectivity index (χ2n) is 5.15. The fourth-order valence-electron chi connectivity index (χ4n) is 2.55. The lowest BCUT2D eigenvalue weighted by atomic mass is 10.2. The zero-order valence-electron chi connectivity index (χ0n) is 12.0. The predicted molar refractivity (Wildman–Crippen MR) is 89.8 cm³/mol. The summed E-state index contributed by atoms with van der Waals surface area (Å²) in [5, 5.41) is 10.7. The SMILES string of the molecule is Cc1ccc(S(=O)(=O)n2c(C)c(O)c3ccccc32)c(Br)c1. The molecule has 0 saturated carbocycles. The molecule has 2 aromatic carbocycles. The Balaban J connectivity index is 2.37. The lowest BCUT2D eigenvalue weighted by Crippen LogP contribution is -2.14. The number of aromatic hydroxyl groups is 1. The van der Waals surface area contributed by atoms with Gasteiger partial charge in [-0.2, -0.15) is 0 Å². The van der Waals surface area contributed by atoms with Crippen LogP contribution < -0.4 is 0 Å². The van der Waals surface area contributed by atoms with E-state index in [4.69, 9.17) is 0 Å². The van der Waals surface area contributed by atoms with Gasteiger partial charge in [0.25, 0.3) is 10.0 Å². The van der Waals surface area contributed by atoms with Crippen molar-refractivity contribution in [3.63, 3.8) is 0 Å². The van der Waals surface area contributed by atoms with E-state index in [0.29, 0.717) is 21.1 Å². The van der Waals surface area contributed by atoms with Crippen molar-refractivity contribution in [3.8, 4) is 5.75 Å². The third-order valence-electron chi connectivity index (χ3n) is 3.63. The van der Waals surface area contributed by atoms with Gasteiger partial charge in [-0.15, -0.1) is 0 Å². The number of aryl methyl sites for hydroxylation is 1. The minimum atomic E-state index is -3.81. The first kappa shape index (κ1) is 15.1. The summed E-state index contributed by atoms with van der Waals surface area (Å²) in [6.45, 7) is 3.48. The van der Waals surface area contributed by atoms with E-state index in [1.165, 1.54) is 3.97 Å². The molecule has 4 nitrogen and oxygen atoms in total. The summed E-state index contributed by atoms with van der Waals surface area (Å²) in [6, 6.07) is 12.0. The Kier molecular flexibility index (Phi) is 3.53. The third-order valence-corrected chi connectivity index (χ3v) is 6.41. The van der Waals surface area contributed by atoms with Crippen LogP contribution in [-0.4, -0.2) is 17.5 Å². The number of hydrogen-bond donors (Lipinski definition) is 1. The third kappa shape index (κ3) is 2.14. The summed E-state index contributed by atoms with van der Waals surface area (Å²) in [5.41, 5.74) is 1.72. The molecule has 0 radical (unpaired) electrons. The molecule has 0 fully saturated rings. The molecule has 0 aliphatic heterocycles. The Morgan fingerprint density at radius 2 is 1.77 bits per heavy atom. The molecule has 1 aromatic heterocycles. The molecule has 0 aliphatic rings. The van der Waals surface area contributed by atoms with Crippen LogP contribution in [0, 0.1) is 13.8 Å². The lowest BCUT2D eigenvalue weighted by molar-refractivity contribution is 0.475. The second-order valence-corrected chi connectivity index (χ2v) is 7.76. The molecular weight excluding hydrogens is 366 g/mol. The molecule has 0 aliphatic carbocycles. The van der Waals surface area contributed by atoms with Crippen LogP contribution in [0.15, 0.2) is 51.8 Å². The summed E-state index contributed by atoms with van der Waals surface area (Å²) in [4.78, 5) is 0.168. The van der Waals surface area contributed by atoms with Gasteiger partial charge in [0.2, 0.25) is 0 Å². The van der Waals surface area contributed by atoms with Gasteiger partial charge in [-0.1, -0.05) is 18.2 Å². The first-order valence-corrected chi connectivity index (χ1v) is 8.88. The van der Waals surface area contributed by atoms with Crippen LogP contribution in [0.25, 0.3) is 10.9 Å². The van der Waals surface area contributed by atoms with Crippen molar-refractivity contribution in [2.45, 2.75) is 18.7 Å². The van der Waals surface area contributed by atoms with Crippen LogP contribution in [0.5, 0.6) is 5.75 Å². The largest absolute Gasteiger partial charge is 0.505 e. The maximum atomic E-state index is 13.0. The van der Waals surface area contributed by atoms with Crippen molar-refractivity contribution in [1.82, 2.24) is 3.97 Å². The van der Waals surface area contributed by atoms with Gasteiger partial charge < -0.3 is 5.11 Å². The number of hydrogen-bond acceptors (Lipinski definition) is 3. The van der Waals surface area contributed by atoms with Gasteiger partial charge in [0.15, 0.2) is 0 Å². The number of para-hydroxylation sites is 1. The second kappa shape index (κ2) is 5.14. The topological polar surface area (TPSA) is 59.3 Å². The quantitative estimate of drug-likeness (QED) is 0.732. The number of aromatic nitrogens is 1. The van der Waals surface area contributed by atoms with E-state index in [0.717, 1.165) is 5.56 Å². The van der Waals surface area contributed by atoms with E-state index in [9.17, 15) is 13.5 Å². The van der Waals surface area contributed by atoms with Crippen LogP contribution in [0.3, 0.4) is 0 Å². The molecule has 0 spiro atoms. The molecule has 0 amide bonds. The molecule has 0 atom stereocenters. The van der Waals surface area contributed by atoms with Crippen molar-refractivity contribution >= 4 is 36.9 Å². The van der Waals surface area contributed by atoms with Gasteiger partial charge >= 0.3 is 0 Å². The monoisotopic (exact) mass is 379 g/mol. The Hall–Kier alpha value is -1.79. The molecule has 3 rings (SSSR count). The molecule has 22 heavy (non-hydrogen) atoms. The molecule has 0 unspecified atom stereocenters. The molecule has 3 aromatic rings. The van der Waals surface area contributed by atoms with Crippen molar-refractivity contribution < 1.29 is 13.5 Å². The van der Waals surface area contributed by atoms with E-state index in [-0.39, 0.29) is 10.6 Å². The van der Waals surface area contributed by atoms with Crippen LogP contribution in [-0.2, 0) is 10.0 Å². The average molecular weight is 380 g/mol. The Morgan fingerprint density at radius 3 is 2.45 bits per heavy atom. The number of rotatable bonds is 2. The van der Waals surface area contributed by atoms with Crippen LogP contribution in [0.1, 0.15) is 11.3 Å². The Labute approximate surface area is 137 Å². The van der Waals surface area contributed by atoms with Gasteiger partial charge in [-0.25, -0.2) is 12.4 Å². The molecule has 0 bridgehead atoms. The summed E-state index contributed by atoms with van der Waals surface area (Å²) in [7, 11) is -3.81. The summed E-state index contributed by atoms with van der Waals surface area (Å²) in [6.07, 6.45) is 0. The van der Waals surface area contributed by atoms with Gasteiger partial charge in [0.05, 0.1) is 11.2 Å². The molecule has 0 saturated heterocycles. The normalized spacial score (nSPS) is 12.0. The van der Waals surface area contributed by atoms with E-state index < -0.39 is 10.0 Å². The van der Waals surface area contributed by atoms with Crippen molar-refractivity contribution in [1.29, 1.82) is 0 Å². The van der Waals surface area contributed by atoms with E-state index in [1.807, 2.05) is 6.92 Å². The first-order chi connectivity index (χ1) is 10.3. The highest BCUT2D eigenvalue weighted by molar-refractivity contribution is 9.10. The van der Waals surface area contributed by atoms with E-state index in [1.54, 1.807) is 49.4 Å². The van der Waals surface area contributed by atoms with Crippen LogP contribution in [0.2, 0.25) is 0 Å². The molecule has 114 valence electrons. The molecular formula is C16H14BrNO3S. The fourth-order valence-corrected chi connectivity index (χ4v) is 5.26. The van der Waals surface area contributed by atoms with E-state index >= 15 is 0 Å². The van der Waals surface area contributed by atoms with Gasteiger partial charge in [0.1, 0.15) is 10.6 Å². The number of fused-ring (bicyclic) bond motifs is 1. The highest BCUT2D eigenvalue weighted by Gasteiger charge is 2.26. The lowest BCUT2D eigenvalue weighted by Gasteiger charge is -2.11. The van der Waals surface area contributed by atoms with Crippen LogP contribution in [0.4, 0.5) is 0 Å². The Morgan fingerprint density at radius 1 is 1.09 bits per heavy atom. The van der Waals surface area contributed by atoms with Gasteiger partial charge in [0, 0.05) is 9.86 Å². The number of nitrogens with zero attached hydrogens (tertiary/aromatic N) is 1. The molecule has 1 N–H and O–H groups in total. The maximum absolute atomic E-state index is 13.0. The summed E-state index contributed by atoms with van der Waals surface area (Å²) >= 11 is 3.32. The fraction of sp³-hybridized carbons (Fsp3) is 0.125. The van der Waals surface area contributed by atoms with Crippen molar-refractivity contribution in [3.05, 3.63) is 58.2 Å². The molecule has 1 heterocycles. The van der Waals surface area contributed by atoms with E-state index in [2.05, 4.69) is 15.9 Å². The Bertz CT molecular complexity index is 990. The summed E-state index contributed by atoms with van der Waals surface area (Å²) < 4.78 is 27.8. The zero-order valence-corrected chi connectivity index (χ0v) is 14.4. The van der Waals surface area contributed by atoms with Crippen LogP contribution >= 0.6 is 15.9 Å². The van der Waals surface area contributed by atoms with Gasteiger partial charge in [-0.3, -0.25) is 0 Å². The standard InChI is InChI=1S/C16H14BrNO3S/c1-10-7-8-15(13(17)9-10)22(20,21)18-11(2)16(19)12-5-3-4-6-14(12)18/h3-9,19H,1-2H3. The smallest absolute Gasteiger partial charge is 0.269 e. The molecule has 6 heteroatoms. The number of benzene rings is 2. The van der Waals surface area contributed by atoms with Gasteiger partial charge in [-0.05, 0) is 59.6 Å². The van der Waals surface area contributed by atoms with Crippen molar-refractivity contribution in [2.75, 3.05) is 0 Å². The number of halogens is 1. The van der Waals surface area contributed by atoms with Crippen molar-refractivity contribution in [2.24, 2.45) is 0 Å². The first-order valence-electron chi connectivity index (χ1n) is 6.65. The minimum Gasteiger partial charge on any atom is -0.505 e. The highest BCUT2D eigenvalue weighted by Crippen LogP contribution is 2.35. The summed E-state index contributed by atoms with van der Waals surface area (Å²) in [5.74, 6) is -0.0117. The minimum absolute atomic E-state index is 0.0117. The predicted octanol–water partition coefficient (Wildman–Crippen LogP) is 3.96. The zero-order chi connectivity index (χ0) is 16.1. The highest BCUT2D eigenvalue weighted by atomic mass is 79.9. The maximum Gasteiger partial charge on any atom is 0.269 e.